The number of benzene rings is 1. The number of nitrogens with zero attached hydrogens (tertiary/aromatic N) is 5. The Hall–Kier alpha value is -3.23. The number of carbonyl (C=O) groups excluding carboxylic acids is 1. The van der Waals surface area contributed by atoms with Gasteiger partial charge in [0.15, 0.2) is 5.82 Å². The van der Waals surface area contributed by atoms with Gasteiger partial charge in [0.1, 0.15) is 0 Å². The molecule has 3 N–H and O–H groups in total. The van der Waals surface area contributed by atoms with Crippen molar-refractivity contribution >= 4 is 11.7 Å². The molecule has 3 aromatic rings. The minimum Gasteiger partial charge on any atom is -0.338 e. The van der Waals surface area contributed by atoms with Crippen LogP contribution in [0.2, 0.25) is 0 Å². The summed E-state index contributed by atoms with van der Waals surface area (Å²) in [5.74, 6) is 0.733. The molecule has 0 unspecified atom stereocenters. The summed E-state index contributed by atoms with van der Waals surface area (Å²) in [5, 5.41) is 24.6. The van der Waals surface area contributed by atoms with Crippen LogP contribution in [-0.2, 0) is 6.42 Å². The molecule has 9 heteroatoms. The van der Waals surface area contributed by atoms with Crippen LogP contribution in [0.15, 0.2) is 30.5 Å². The lowest BCUT2D eigenvalue weighted by Crippen LogP contribution is -2.29. The highest BCUT2D eigenvalue weighted by molar-refractivity contribution is 5.89. The number of rotatable bonds is 7. The van der Waals surface area contributed by atoms with Crippen molar-refractivity contribution in [3.63, 3.8) is 0 Å². The minimum absolute atomic E-state index is 0.224. The van der Waals surface area contributed by atoms with Gasteiger partial charge in [-0.2, -0.15) is 5.10 Å². The van der Waals surface area contributed by atoms with E-state index in [2.05, 4.69) is 36.4 Å². The highest BCUT2D eigenvalue weighted by Crippen LogP contribution is 2.36. The molecular weight excluding hydrogens is 344 g/mol. The molecule has 1 saturated carbocycles. The van der Waals surface area contributed by atoms with Crippen LogP contribution in [0, 0.1) is 6.92 Å². The van der Waals surface area contributed by atoms with E-state index in [9.17, 15) is 4.79 Å². The maximum Gasteiger partial charge on any atom is 0.319 e. The second-order valence-electron chi connectivity index (χ2n) is 6.76. The summed E-state index contributed by atoms with van der Waals surface area (Å²) in [6, 6.07) is 7.74. The maximum atomic E-state index is 12.1. The van der Waals surface area contributed by atoms with Crippen LogP contribution in [0.4, 0.5) is 10.5 Å². The van der Waals surface area contributed by atoms with Gasteiger partial charge in [0.25, 0.3) is 0 Å². The van der Waals surface area contributed by atoms with Gasteiger partial charge in [-0.05, 0) is 60.7 Å². The second-order valence-corrected chi connectivity index (χ2v) is 6.76. The van der Waals surface area contributed by atoms with E-state index in [1.165, 1.54) is 5.56 Å². The van der Waals surface area contributed by atoms with Crippen LogP contribution in [0.3, 0.4) is 0 Å². The molecule has 2 amide bonds. The Kier molecular flexibility index (Phi) is 4.82. The molecule has 1 aliphatic rings. The van der Waals surface area contributed by atoms with Gasteiger partial charge in [0.2, 0.25) is 0 Å². The number of hydrogen-bond donors (Lipinski definition) is 3. The fourth-order valence-electron chi connectivity index (χ4n) is 2.97. The lowest BCUT2D eigenvalue weighted by atomic mass is 10.1. The molecule has 1 aliphatic carbocycles. The fourth-order valence-corrected chi connectivity index (χ4v) is 2.97. The SMILES string of the molecule is Cc1[nH]ncc1CCCNC(=O)Nc1cccc(-c2nnnn2C2CC2)c1. The van der Waals surface area contributed by atoms with Gasteiger partial charge in [0, 0.05) is 23.5 Å². The van der Waals surface area contributed by atoms with Crippen molar-refractivity contribution in [2.24, 2.45) is 0 Å². The highest BCUT2D eigenvalue weighted by atomic mass is 16.2. The Bertz CT molecular complexity index is 927. The molecule has 9 nitrogen and oxygen atoms in total. The topological polar surface area (TPSA) is 113 Å². The Morgan fingerprint density at radius 3 is 3.04 bits per heavy atom. The van der Waals surface area contributed by atoms with Crippen LogP contribution in [0.1, 0.15) is 36.6 Å². The van der Waals surface area contributed by atoms with Crippen molar-refractivity contribution in [1.29, 1.82) is 0 Å². The van der Waals surface area contributed by atoms with E-state index in [1.54, 1.807) is 0 Å². The Balaban J connectivity index is 1.30. The number of amides is 2. The third-order valence-corrected chi connectivity index (χ3v) is 4.61. The average molecular weight is 366 g/mol. The van der Waals surface area contributed by atoms with Crippen LogP contribution in [-0.4, -0.2) is 43.0 Å². The number of H-pyrrole nitrogens is 1. The van der Waals surface area contributed by atoms with Crippen molar-refractivity contribution in [1.82, 2.24) is 35.7 Å². The molecule has 27 heavy (non-hydrogen) atoms. The van der Waals surface area contributed by atoms with Gasteiger partial charge in [0.05, 0.1) is 12.2 Å². The molecule has 0 spiro atoms. The number of urea groups is 1. The fraction of sp³-hybridized carbons (Fsp3) is 0.389. The number of anilines is 1. The Morgan fingerprint density at radius 1 is 1.37 bits per heavy atom. The zero-order chi connectivity index (χ0) is 18.6. The van der Waals surface area contributed by atoms with Gasteiger partial charge >= 0.3 is 6.03 Å². The molecule has 4 rings (SSSR count). The molecule has 1 aromatic carbocycles. The van der Waals surface area contributed by atoms with E-state index in [0.29, 0.717) is 18.3 Å². The zero-order valence-electron chi connectivity index (χ0n) is 15.1. The first-order valence-corrected chi connectivity index (χ1v) is 9.12. The number of tetrazole rings is 1. The number of nitrogens with one attached hydrogen (secondary N) is 3. The first-order valence-electron chi connectivity index (χ1n) is 9.12. The highest BCUT2D eigenvalue weighted by Gasteiger charge is 2.28. The minimum atomic E-state index is -0.224. The van der Waals surface area contributed by atoms with Gasteiger partial charge in [-0.3, -0.25) is 5.10 Å². The molecule has 0 aliphatic heterocycles. The first-order chi connectivity index (χ1) is 13.2. The van der Waals surface area contributed by atoms with Gasteiger partial charge in [-0.25, -0.2) is 9.48 Å². The van der Waals surface area contributed by atoms with Gasteiger partial charge in [-0.15, -0.1) is 5.10 Å². The van der Waals surface area contributed by atoms with E-state index in [4.69, 9.17) is 0 Å². The first kappa shape index (κ1) is 17.2. The number of aryl methyl sites for hydroxylation is 2. The summed E-state index contributed by atoms with van der Waals surface area (Å²) in [5.41, 5.74) is 3.85. The molecule has 140 valence electrons. The quantitative estimate of drug-likeness (QED) is 0.556. The smallest absolute Gasteiger partial charge is 0.319 e. The summed E-state index contributed by atoms with van der Waals surface area (Å²) in [6.07, 6.45) is 5.77. The monoisotopic (exact) mass is 366 g/mol. The Labute approximate surface area is 156 Å². The molecule has 0 saturated heterocycles. The third kappa shape index (κ3) is 4.13. The summed E-state index contributed by atoms with van der Waals surface area (Å²) < 4.78 is 1.86. The van der Waals surface area contributed by atoms with Gasteiger partial charge in [-0.1, -0.05) is 12.1 Å². The zero-order valence-corrected chi connectivity index (χ0v) is 15.1. The maximum absolute atomic E-state index is 12.1. The van der Waals surface area contributed by atoms with Crippen molar-refractivity contribution in [3.05, 3.63) is 41.7 Å². The van der Waals surface area contributed by atoms with E-state index in [1.807, 2.05) is 42.1 Å². The van der Waals surface area contributed by atoms with Crippen molar-refractivity contribution < 1.29 is 4.79 Å². The Morgan fingerprint density at radius 2 is 2.26 bits per heavy atom. The van der Waals surface area contributed by atoms with E-state index < -0.39 is 0 Å². The summed E-state index contributed by atoms with van der Waals surface area (Å²) in [7, 11) is 0. The normalized spacial score (nSPS) is 13.5. The van der Waals surface area contributed by atoms with Gasteiger partial charge < -0.3 is 10.6 Å². The van der Waals surface area contributed by atoms with Crippen LogP contribution < -0.4 is 10.6 Å². The van der Waals surface area contributed by atoms with Crippen LogP contribution in [0.25, 0.3) is 11.4 Å². The van der Waals surface area contributed by atoms with Crippen LogP contribution >= 0.6 is 0 Å². The third-order valence-electron chi connectivity index (χ3n) is 4.61. The molecule has 0 radical (unpaired) electrons. The van der Waals surface area contributed by atoms with E-state index in [-0.39, 0.29) is 6.03 Å². The predicted molar refractivity (Wildman–Crippen MR) is 100 cm³/mol. The largest absolute Gasteiger partial charge is 0.338 e. The predicted octanol–water partition coefficient (Wildman–Crippen LogP) is 2.46. The number of carbonyl (C=O) groups is 1. The lowest BCUT2D eigenvalue weighted by molar-refractivity contribution is 0.252. The molecule has 2 heterocycles. The molecule has 2 aromatic heterocycles. The number of aromatic nitrogens is 6. The summed E-state index contributed by atoms with van der Waals surface area (Å²) in [6.45, 7) is 2.59. The number of aromatic amines is 1. The van der Waals surface area contributed by atoms with Crippen molar-refractivity contribution in [3.8, 4) is 11.4 Å². The van der Waals surface area contributed by atoms with E-state index >= 15 is 0 Å². The second kappa shape index (κ2) is 7.56. The molecule has 1 fully saturated rings. The van der Waals surface area contributed by atoms with E-state index in [0.717, 1.165) is 42.8 Å². The number of hydrogen-bond acceptors (Lipinski definition) is 5. The standard InChI is InChI=1S/C18H22N8O/c1-12-14(11-20-22-12)5-3-9-19-18(27)21-15-6-2-4-13(10-15)17-23-24-25-26(17)16-7-8-16/h2,4,6,10-11,16H,3,5,7-9H2,1H3,(H,20,22)(H2,19,21,27). The van der Waals surface area contributed by atoms with Crippen molar-refractivity contribution in [2.75, 3.05) is 11.9 Å². The van der Waals surface area contributed by atoms with Crippen molar-refractivity contribution in [2.45, 2.75) is 38.6 Å². The molecule has 0 atom stereocenters. The van der Waals surface area contributed by atoms with Crippen LogP contribution in [0.5, 0.6) is 0 Å². The summed E-state index contributed by atoms with van der Waals surface area (Å²) >= 11 is 0. The average Bonchev–Trinajstić information content (AvgIpc) is 3.24. The molecular formula is C18H22N8O. The summed E-state index contributed by atoms with van der Waals surface area (Å²) in [4.78, 5) is 12.1. The lowest BCUT2D eigenvalue weighted by Gasteiger charge is -2.09. The molecule has 0 bridgehead atoms.